The number of halogens is 2. The van der Waals surface area contributed by atoms with Crippen molar-refractivity contribution in [2.24, 2.45) is 0 Å². The molecule has 142 valence electrons. The molecule has 0 saturated carbocycles. The van der Waals surface area contributed by atoms with Crippen molar-refractivity contribution in [2.75, 3.05) is 29.5 Å². The second-order valence-corrected chi connectivity index (χ2v) is 10.4. The third-order valence-electron chi connectivity index (χ3n) is 4.79. The normalized spacial score (nSPS) is 22.7. The molecule has 2 saturated heterocycles. The summed E-state index contributed by atoms with van der Waals surface area (Å²) >= 11 is 0. The standard InChI is InChI=1S/C16H21F2N5O2S/c1-15(2,3)14-21-12-10(13(22-14)23-5-4-16(17,18)8-23)19-11(20-12)9-6-26(24,25)7-9/h9H,4-8H2,1-3H3,(H,19,20,21,22). The van der Waals surface area contributed by atoms with E-state index in [4.69, 9.17) is 0 Å². The molecule has 7 nitrogen and oxygen atoms in total. The van der Waals surface area contributed by atoms with Gasteiger partial charge in [0.1, 0.15) is 17.2 Å². The van der Waals surface area contributed by atoms with Crippen LogP contribution in [0.1, 0.15) is 44.8 Å². The molecule has 0 atom stereocenters. The van der Waals surface area contributed by atoms with Crippen LogP contribution >= 0.6 is 0 Å². The van der Waals surface area contributed by atoms with Crippen LogP contribution in [0.3, 0.4) is 0 Å². The van der Waals surface area contributed by atoms with Gasteiger partial charge in [0.05, 0.1) is 18.1 Å². The molecule has 0 radical (unpaired) electrons. The Balaban J connectivity index is 1.81. The Hall–Kier alpha value is -1.84. The fraction of sp³-hybridized carbons (Fsp3) is 0.688. The number of sulfone groups is 1. The summed E-state index contributed by atoms with van der Waals surface area (Å²) in [5.74, 6) is -1.40. The van der Waals surface area contributed by atoms with Crippen molar-refractivity contribution in [3.63, 3.8) is 0 Å². The second kappa shape index (κ2) is 5.34. The highest BCUT2D eigenvalue weighted by molar-refractivity contribution is 7.92. The number of aromatic nitrogens is 4. The summed E-state index contributed by atoms with van der Waals surface area (Å²) in [6, 6.07) is 0. The smallest absolute Gasteiger partial charge is 0.266 e. The van der Waals surface area contributed by atoms with Gasteiger partial charge in [-0.1, -0.05) is 20.8 Å². The number of nitrogens with one attached hydrogen (secondary N) is 1. The highest BCUT2D eigenvalue weighted by atomic mass is 32.2. The molecule has 2 fully saturated rings. The number of imidazole rings is 1. The fourth-order valence-corrected chi connectivity index (χ4v) is 4.74. The molecule has 0 spiro atoms. The van der Waals surface area contributed by atoms with E-state index in [0.29, 0.717) is 28.6 Å². The van der Waals surface area contributed by atoms with Gasteiger partial charge in [0.15, 0.2) is 21.3 Å². The maximum atomic E-state index is 13.7. The van der Waals surface area contributed by atoms with Crippen molar-refractivity contribution in [1.82, 2.24) is 19.9 Å². The summed E-state index contributed by atoms with van der Waals surface area (Å²) in [6.45, 7) is 5.65. The van der Waals surface area contributed by atoms with Gasteiger partial charge in [0, 0.05) is 24.3 Å². The number of fused-ring (bicyclic) bond motifs is 1. The lowest BCUT2D eigenvalue weighted by Crippen LogP contribution is -2.34. The average Bonchev–Trinajstić information content (AvgIpc) is 3.05. The van der Waals surface area contributed by atoms with Crippen molar-refractivity contribution in [2.45, 2.75) is 44.4 Å². The monoisotopic (exact) mass is 385 g/mol. The largest absolute Gasteiger partial charge is 0.348 e. The van der Waals surface area contributed by atoms with Crippen LogP contribution in [0.2, 0.25) is 0 Å². The van der Waals surface area contributed by atoms with Gasteiger partial charge >= 0.3 is 0 Å². The maximum Gasteiger partial charge on any atom is 0.266 e. The minimum Gasteiger partial charge on any atom is -0.348 e. The number of rotatable bonds is 2. The third-order valence-corrected chi connectivity index (χ3v) is 6.61. The molecule has 4 rings (SSSR count). The molecule has 2 aromatic heterocycles. The van der Waals surface area contributed by atoms with Crippen LogP contribution < -0.4 is 4.90 Å². The van der Waals surface area contributed by atoms with E-state index in [1.807, 2.05) is 20.8 Å². The first kappa shape index (κ1) is 17.6. The minimum atomic E-state index is -2.99. The third kappa shape index (κ3) is 3.04. The molecule has 2 aromatic rings. The van der Waals surface area contributed by atoms with Gasteiger partial charge in [-0.05, 0) is 0 Å². The van der Waals surface area contributed by atoms with Gasteiger partial charge in [0.25, 0.3) is 5.92 Å². The van der Waals surface area contributed by atoms with Crippen LogP contribution in [-0.2, 0) is 15.3 Å². The van der Waals surface area contributed by atoms with Gasteiger partial charge in [-0.2, -0.15) is 0 Å². The van der Waals surface area contributed by atoms with Gasteiger partial charge in [0.2, 0.25) is 0 Å². The van der Waals surface area contributed by atoms with Crippen LogP contribution in [-0.4, -0.2) is 58.9 Å². The molecular weight excluding hydrogens is 364 g/mol. The Bertz CT molecular complexity index is 968. The average molecular weight is 385 g/mol. The van der Waals surface area contributed by atoms with Crippen molar-refractivity contribution < 1.29 is 17.2 Å². The van der Waals surface area contributed by atoms with E-state index in [1.165, 1.54) is 0 Å². The summed E-state index contributed by atoms with van der Waals surface area (Å²) in [5, 5.41) is 0. The van der Waals surface area contributed by atoms with Crippen LogP contribution in [0.5, 0.6) is 0 Å². The summed E-state index contributed by atoms with van der Waals surface area (Å²) in [4.78, 5) is 18.2. The number of hydrogen-bond donors (Lipinski definition) is 1. The topological polar surface area (TPSA) is 91.8 Å². The quantitative estimate of drug-likeness (QED) is 0.850. The Morgan fingerprint density at radius 1 is 1.19 bits per heavy atom. The zero-order valence-corrected chi connectivity index (χ0v) is 15.7. The summed E-state index contributed by atoms with van der Waals surface area (Å²) in [5.41, 5.74) is 0.522. The van der Waals surface area contributed by atoms with Gasteiger partial charge < -0.3 is 9.88 Å². The molecule has 1 N–H and O–H groups in total. The molecular formula is C16H21F2N5O2S. The van der Waals surface area contributed by atoms with Crippen LogP contribution in [0.25, 0.3) is 11.2 Å². The molecule has 0 bridgehead atoms. The highest BCUT2D eigenvalue weighted by Gasteiger charge is 2.41. The first-order valence-corrected chi connectivity index (χ1v) is 10.4. The first-order valence-electron chi connectivity index (χ1n) is 8.55. The number of alkyl halides is 2. The van der Waals surface area contributed by atoms with E-state index in [0.717, 1.165) is 0 Å². The number of nitrogens with zero attached hydrogens (tertiary/aromatic N) is 4. The van der Waals surface area contributed by atoms with Crippen molar-refractivity contribution >= 4 is 26.8 Å². The van der Waals surface area contributed by atoms with E-state index < -0.39 is 22.3 Å². The van der Waals surface area contributed by atoms with Crippen molar-refractivity contribution in [3.05, 3.63) is 11.6 Å². The van der Waals surface area contributed by atoms with Gasteiger partial charge in [-0.15, -0.1) is 0 Å². The number of hydrogen-bond acceptors (Lipinski definition) is 6. The lowest BCUT2D eigenvalue weighted by atomic mass is 9.96. The molecule has 0 amide bonds. The maximum absolute atomic E-state index is 13.7. The molecule has 4 heterocycles. The van der Waals surface area contributed by atoms with E-state index in [-0.39, 0.29) is 35.8 Å². The minimum absolute atomic E-state index is 0.0451. The predicted molar refractivity (Wildman–Crippen MR) is 93.6 cm³/mol. The number of aromatic amines is 1. The van der Waals surface area contributed by atoms with E-state index in [2.05, 4.69) is 19.9 Å². The Kier molecular flexibility index (Phi) is 3.61. The van der Waals surface area contributed by atoms with Crippen molar-refractivity contribution in [3.8, 4) is 0 Å². The number of anilines is 1. The molecule has 0 unspecified atom stereocenters. The van der Waals surface area contributed by atoms with Gasteiger partial charge in [-0.25, -0.2) is 32.2 Å². The SMILES string of the molecule is CC(C)(C)c1nc(N2CCC(F)(F)C2)c2[nH]c(C3CS(=O)(=O)C3)nc2n1. The lowest BCUT2D eigenvalue weighted by molar-refractivity contribution is 0.0257. The molecule has 10 heteroatoms. The summed E-state index contributed by atoms with van der Waals surface area (Å²) in [6.07, 6.45) is -0.217. The van der Waals surface area contributed by atoms with Gasteiger partial charge in [-0.3, -0.25) is 0 Å². The molecule has 2 aliphatic rings. The van der Waals surface area contributed by atoms with Crippen molar-refractivity contribution in [1.29, 1.82) is 0 Å². The molecule has 0 aliphatic carbocycles. The van der Waals surface area contributed by atoms with Crippen LogP contribution in [0.15, 0.2) is 0 Å². The summed E-state index contributed by atoms with van der Waals surface area (Å²) < 4.78 is 50.4. The van der Waals surface area contributed by atoms with E-state index in [9.17, 15) is 17.2 Å². The highest BCUT2D eigenvalue weighted by Crippen LogP contribution is 2.36. The molecule has 26 heavy (non-hydrogen) atoms. The van der Waals surface area contributed by atoms with E-state index in [1.54, 1.807) is 4.90 Å². The zero-order valence-electron chi connectivity index (χ0n) is 14.9. The molecule has 0 aromatic carbocycles. The second-order valence-electron chi connectivity index (χ2n) is 8.24. The van der Waals surface area contributed by atoms with E-state index >= 15 is 0 Å². The zero-order chi connectivity index (χ0) is 18.9. The predicted octanol–water partition coefficient (Wildman–Crippen LogP) is 2.01. The molecule has 2 aliphatic heterocycles. The number of H-pyrrole nitrogens is 1. The summed E-state index contributed by atoms with van der Waals surface area (Å²) in [7, 11) is -2.99. The van der Waals surface area contributed by atoms with Crippen LogP contribution in [0, 0.1) is 0 Å². The Labute approximate surface area is 150 Å². The Morgan fingerprint density at radius 2 is 1.88 bits per heavy atom. The Morgan fingerprint density at radius 3 is 2.42 bits per heavy atom. The lowest BCUT2D eigenvalue weighted by Gasteiger charge is -2.23. The first-order chi connectivity index (χ1) is 11.9. The van der Waals surface area contributed by atoms with Crippen LogP contribution in [0.4, 0.5) is 14.6 Å². The fourth-order valence-electron chi connectivity index (χ4n) is 3.30.